The molecule has 3 rings (SSSR count). The van der Waals surface area contributed by atoms with E-state index in [-0.39, 0.29) is 11.1 Å². The zero-order valence-corrected chi connectivity index (χ0v) is 11.1. The Kier molecular flexibility index (Phi) is 2.60. The van der Waals surface area contributed by atoms with Crippen LogP contribution in [0.15, 0.2) is 18.2 Å². The van der Waals surface area contributed by atoms with Gasteiger partial charge in [-0.1, -0.05) is 12.1 Å². The number of nitrogens with zero attached hydrogens (tertiary/aromatic N) is 2. The third-order valence-corrected chi connectivity index (χ3v) is 4.03. The van der Waals surface area contributed by atoms with Crippen LogP contribution < -0.4 is 5.32 Å². The van der Waals surface area contributed by atoms with Gasteiger partial charge in [-0.15, -0.1) is 0 Å². The van der Waals surface area contributed by atoms with Crippen LogP contribution in [0.25, 0.3) is 10.9 Å². The Labute approximate surface area is 111 Å². The Balaban J connectivity index is 2.25. The molecule has 1 unspecified atom stereocenters. The van der Waals surface area contributed by atoms with Crippen molar-refractivity contribution < 1.29 is 9.90 Å². The topological polar surface area (TPSA) is 67.1 Å². The third kappa shape index (κ3) is 1.73. The van der Waals surface area contributed by atoms with Crippen LogP contribution in [-0.2, 0) is 5.54 Å². The lowest BCUT2D eigenvalue weighted by Gasteiger charge is -2.25. The Morgan fingerprint density at radius 2 is 2.32 bits per heavy atom. The molecule has 1 saturated heterocycles. The van der Waals surface area contributed by atoms with Crippen molar-refractivity contribution in [3.05, 3.63) is 29.5 Å². The van der Waals surface area contributed by atoms with E-state index in [2.05, 4.69) is 17.3 Å². The van der Waals surface area contributed by atoms with Gasteiger partial charge in [-0.2, -0.15) is 5.10 Å². The molecule has 0 spiro atoms. The van der Waals surface area contributed by atoms with Crippen molar-refractivity contribution in [3.63, 3.8) is 0 Å². The van der Waals surface area contributed by atoms with Gasteiger partial charge in [0.1, 0.15) is 5.52 Å². The highest BCUT2D eigenvalue weighted by Gasteiger charge is 2.33. The quantitative estimate of drug-likeness (QED) is 0.862. The van der Waals surface area contributed by atoms with Crippen LogP contribution in [0.3, 0.4) is 0 Å². The fourth-order valence-electron chi connectivity index (χ4n) is 2.91. The second-order valence-corrected chi connectivity index (χ2v) is 5.43. The number of hydrogen-bond donors (Lipinski definition) is 2. The zero-order chi connectivity index (χ0) is 13.6. The Morgan fingerprint density at radius 3 is 2.95 bits per heavy atom. The number of fused-ring (bicyclic) bond motifs is 1. The summed E-state index contributed by atoms with van der Waals surface area (Å²) in [6, 6.07) is 5.32. The number of aromatic nitrogens is 2. The molecule has 2 heterocycles. The Bertz CT molecular complexity index is 654. The van der Waals surface area contributed by atoms with Gasteiger partial charge in [0.15, 0.2) is 0 Å². The summed E-state index contributed by atoms with van der Waals surface area (Å²) in [7, 11) is 0. The van der Waals surface area contributed by atoms with E-state index in [4.69, 9.17) is 0 Å². The van der Waals surface area contributed by atoms with Crippen LogP contribution in [0.4, 0.5) is 0 Å². The molecule has 2 N–H and O–H groups in total. The molecule has 100 valence electrons. The van der Waals surface area contributed by atoms with Crippen molar-refractivity contribution in [2.45, 2.75) is 25.8 Å². The lowest BCUT2D eigenvalue weighted by Crippen LogP contribution is -2.34. The van der Waals surface area contributed by atoms with Crippen LogP contribution in [0.1, 0.15) is 29.4 Å². The highest BCUT2D eigenvalue weighted by molar-refractivity contribution is 6.02. The SMILES string of the molecule is Cc1c2cccc(C(=O)O)c2nn1C1(C)CCNC1. The number of rotatable bonds is 2. The van der Waals surface area contributed by atoms with Crippen LogP contribution in [-0.4, -0.2) is 33.9 Å². The van der Waals surface area contributed by atoms with E-state index in [1.54, 1.807) is 12.1 Å². The first kappa shape index (κ1) is 12.2. The smallest absolute Gasteiger partial charge is 0.337 e. The maximum Gasteiger partial charge on any atom is 0.337 e. The number of carboxylic acids is 1. The third-order valence-electron chi connectivity index (χ3n) is 4.03. The number of aryl methyl sites for hydroxylation is 1. The first-order valence-electron chi connectivity index (χ1n) is 6.46. The van der Waals surface area contributed by atoms with Gasteiger partial charge in [-0.25, -0.2) is 4.79 Å². The van der Waals surface area contributed by atoms with Crippen molar-refractivity contribution in [1.29, 1.82) is 0 Å². The Morgan fingerprint density at radius 1 is 1.53 bits per heavy atom. The minimum atomic E-state index is -0.926. The monoisotopic (exact) mass is 259 g/mol. The number of nitrogens with one attached hydrogen (secondary N) is 1. The molecular weight excluding hydrogens is 242 g/mol. The minimum Gasteiger partial charge on any atom is -0.478 e. The standard InChI is InChI=1S/C14H17N3O2/c1-9-10-4-3-5-11(13(18)19)12(10)16-17(9)14(2)6-7-15-8-14/h3-5,15H,6-8H2,1-2H3,(H,18,19). The van der Waals surface area contributed by atoms with Gasteiger partial charge >= 0.3 is 5.97 Å². The van der Waals surface area contributed by atoms with E-state index in [1.807, 2.05) is 17.7 Å². The second-order valence-electron chi connectivity index (χ2n) is 5.43. The normalized spacial score (nSPS) is 23.1. The summed E-state index contributed by atoms with van der Waals surface area (Å²) in [5, 5.41) is 18.1. The highest BCUT2D eigenvalue weighted by Crippen LogP contribution is 2.30. The lowest BCUT2D eigenvalue weighted by atomic mass is 10.0. The van der Waals surface area contributed by atoms with Crippen LogP contribution in [0, 0.1) is 6.92 Å². The number of benzene rings is 1. The van der Waals surface area contributed by atoms with Crippen LogP contribution in [0.2, 0.25) is 0 Å². The molecule has 2 aromatic rings. The molecule has 5 nitrogen and oxygen atoms in total. The summed E-state index contributed by atoms with van der Waals surface area (Å²) < 4.78 is 1.99. The van der Waals surface area contributed by atoms with Crippen molar-refractivity contribution in [1.82, 2.24) is 15.1 Å². The van der Waals surface area contributed by atoms with Crippen LogP contribution >= 0.6 is 0 Å². The predicted octanol–water partition coefficient (Wildman–Crippen LogP) is 1.75. The largest absolute Gasteiger partial charge is 0.478 e. The molecule has 0 amide bonds. The molecule has 0 bridgehead atoms. The zero-order valence-electron chi connectivity index (χ0n) is 11.1. The summed E-state index contributed by atoms with van der Waals surface area (Å²) in [6.07, 6.45) is 1.00. The van der Waals surface area contributed by atoms with Crippen molar-refractivity contribution in [2.24, 2.45) is 0 Å². The van der Waals surface area contributed by atoms with E-state index in [9.17, 15) is 9.90 Å². The van der Waals surface area contributed by atoms with Crippen molar-refractivity contribution in [3.8, 4) is 0 Å². The molecule has 0 aliphatic carbocycles. The first-order valence-corrected chi connectivity index (χ1v) is 6.46. The molecule has 1 aliphatic heterocycles. The van der Waals surface area contributed by atoms with Gasteiger partial charge in [0.05, 0.1) is 11.1 Å². The molecule has 0 saturated carbocycles. The molecule has 1 fully saturated rings. The second kappa shape index (κ2) is 4.06. The molecule has 1 atom stereocenters. The molecular formula is C14H17N3O2. The summed E-state index contributed by atoms with van der Waals surface area (Å²) in [5.74, 6) is -0.926. The molecule has 1 aliphatic rings. The number of carboxylic acid groups (broad SMARTS) is 1. The number of hydrogen-bond acceptors (Lipinski definition) is 3. The predicted molar refractivity (Wildman–Crippen MR) is 72.6 cm³/mol. The van der Waals surface area contributed by atoms with E-state index >= 15 is 0 Å². The molecule has 1 aromatic carbocycles. The van der Waals surface area contributed by atoms with Gasteiger partial charge in [0.2, 0.25) is 0 Å². The fourth-order valence-corrected chi connectivity index (χ4v) is 2.91. The molecule has 19 heavy (non-hydrogen) atoms. The maximum absolute atomic E-state index is 11.3. The van der Waals surface area contributed by atoms with E-state index in [1.165, 1.54) is 0 Å². The number of carbonyl (C=O) groups is 1. The van der Waals surface area contributed by atoms with E-state index in [0.717, 1.165) is 30.6 Å². The van der Waals surface area contributed by atoms with Crippen molar-refractivity contribution in [2.75, 3.05) is 13.1 Å². The van der Waals surface area contributed by atoms with Gasteiger partial charge in [-0.05, 0) is 32.9 Å². The summed E-state index contributed by atoms with van der Waals surface area (Å²) in [6.45, 7) is 6.00. The first-order chi connectivity index (χ1) is 9.03. The molecule has 0 radical (unpaired) electrons. The van der Waals surface area contributed by atoms with E-state index in [0.29, 0.717) is 5.52 Å². The average Bonchev–Trinajstić information content (AvgIpc) is 2.95. The summed E-state index contributed by atoms with van der Waals surface area (Å²) in [4.78, 5) is 11.3. The summed E-state index contributed by atoms with van der Waals surface area (Å²) in [5.41, 5.74) is 1.82. The lowest BCUT2D eigenvalue weighted by molar-refractivity contribution is 0.0698. The highest BCUT2D eigenvalue weighted by atomic mass is 16.4. The minimum absolute atomic E-state index is 0.0706. The number of aromatic carboxylic acids is 1. The average molecular weight is 259 g/mol. The Hall–Kier alpha value is -1.88. The van der Waals surface area contributed by atoms with Gasteiger partial charge in [-0.3, -0.25) is 4.68 Å². The molecule has 5 heteroatoms. The molecule has 1 aromatic heterocycles. The maximum atomic E-state index is 11.3. The van der Waals surface area contributed by atoms with Crippen molar-refractivity contribution >= 4 is 16.9 Å². The fraction of sp³-hybridized carbons (Fsp3) is 0.429. The van der Waals surface area contributed by atoms with Crippen LogP contribution in [0.5, 0.6) is 0 Å². The van der Waals surface area contributed by atoms with E-state index < -0.39 is 5.97 Å². The van der Waals surface area contributed by atoms with Gasteiger partial charge in [0.25, 0.3) is 0 Å². The van der Waals surface area contributed by atoms with Gasteiger partial charge < -0.3 is 10.4 Å². The summed E-state index contributed by atoms with van der Waals surface area (Å²) >= 11 is 0. The van der Waals surface area contributed by atoms with Gasteiger partial charge in [0, 0.05) is 17.6 Å².